The van der Waals surface area contributed by atoms with Crippen LogP contribution in [0.3, 0.4) is 0 Å². The Labute approximate surface area is 161 Å². The van der Waals surface area contributed by atoms with Gasteiger partial charge in [0.05, 0.1) is 11.4 Å². The Kier molecular flexibility index (Phi) is 17.2. The van der Waals surface area contributed by atoms with Gasteiger partial charge in [-0.15, -0.1) is 0 Å². The van der Waals surface area contributed by atoms with Crippen LogP contribution in [0.4, 0.5) is 11.4 Å². The molecule has 0 amide bonds. The van der Waals surface area contributed by atoms with E-state index in [1.54, 1.807) is 6.08 Å². The smallest absolute Gasteiger partial charge is 0.0889 e. The quantitative estimate of drug-likeness (QED) is 0.389. The second kappa shape index (κ2) is 17.3. The number of nitrogens with zero attached hydrogens (tertiary/aromatic N) is 2. The van der Waals surface area contributed by atoms with Gasteiger partial charge in [-0.2, -0.15) is 10.2 Å². The third-order valence-electron chi connectivity index (χ3n) is 3.17. The second-order valence-corrected chi connectivity index (χ2v) is 5.02. The van der Waals surface area contributed by atoms with Crippen LogP contribution in [0.2, 0.25) is 0 Å². The van der Waals surface area contributed by atoms with Crippen LogP contribution >= 0.6 is 0 Å². The SMILES string of the molecule is C=C/C=C/C.CC.CC.Cc1cc(C)c(N=Nc2ccccc2)cc1C. The van der Waals surface area contributed by atoms with Crippen molar-refractivity contribution in [1.82, 2.24) is 0 Å². The highest BCUT2D eigenvalue weighted by Gasteiger charge is 2.00. The zero-order valence-electron chi connectivity index (χ0n) is 17.9. The maximum absolute atomic E-state index is 4.30. The summed E-state index contributed by atoms with van der Waals surface area (Å²) >= 11 is 0. The van der Waals surface area contributed by atoms with E-state index in [-0.39, 0.29) is 0 Å². The first-order chi connectivity index (χ1) is 12.6. The molecule has 0 aromatic heterocycles. The van der Waals surface area contributed by atoms with Crippen LogP contribution in [0.25, 0.3) is 0 Å². The van der Waals surface area contributed by atoms with Crippen molar-refractivity contribution in [3.05, 3.63) is 84.0 Å². The summed E-state index contributed by atoms with van der Waals surface area (Å²) in [5.41, 5.74) is 5.52. The highest BCUT2D eigenvalue weighted by Crippen LogP contribution is 2.24. The lowest BCUT2D eigenvalue weighted by molar-refractivity contribution is 1.19. The van der Waals surface area contributed by atoms with Crippen LogP contribution < -0.4 is 0 Å². The molecule has 0 heterocycles. The number of azo groups is 1. The zero-order valence-corrected chi connectivity index (χ0v) is 17.9. The third kappa shape index (κ3) is 11.1. The van der Waals surface area contributed by atoms with E-state index in [0.717, 1.165) is 16.9 Å². The van der Waals surface area contributed by atoms with Crippen molar-refractivity contribution >= 4 is 11.4 Å². The fourth-order valence-electron chi connectivity index (χ4n) is 1.80. The van der Waals surface area contributed by atoms with E-state index < -0.39 is 0 Å². The van der Waals surface area contributed by atoms with Crippen LogP contribution in [-0.4, -0.2) is 0 Å². The van der Waals surface area contributed by atoms with Gasteiger partial charge in [-0.25, -0.2) is 0 Å². The van der Waals surface area contributed by atoms with Crippen LogP contribution in [0.5, 0.6) is 0 Å². The Morgan fingerprint density at radius 1 is 0.769 bits per heavy atom. The minimum absolute atomic E-state index is 0.880. The van der Waals surface area contributed by atoms with Crippen molar-refractivity contribution in [1.29, 1.82) is 0 Å². The number of hydrogen-bond donors (Lipinski definition) is 0. The Morgan fingerprint density at radius 3 is 1.77 bits per heavy atom. The molecule has 0 atom stereocenters. The highest BCUT2D eigenvalue weighted by molar-refractivity contribution is 5.50. The summed E-state index contributed by atoms with van der Waals surface area (Å²) in [6.07, 6.45) is 5.58. The zero-order chi connectivity index (χ0) is 20.4. The third-order valence-corrected chi connectivity index (χ3v) is 3.17. The fraction of sp³-hybridized carbons (Fsp3) is 0.333. The van der Waals surface area contributed by atoms with Gasteiger partial charge < -0.3 is 0 Å². The van der Waals surface area contributed by atoms with Gasteiger partial charge in [0.15, 0.2) is 0 Å². The molecule has 2 heteroatoms. The predicted molar refractivity (Wildman–Crippen MR) is 119 cm³/mol. The number of rotatable bonds is 3. The first kappa shape index (κ1) is 25.8. The van der Waals surface area contributed by atoms with E-state index in [1.165, 1.54) is 11.1 Å². The van der Waals surface area contributed by atoms with Crippen LogP contribution in [0.1, 0.15) is 51.3 Å². The molecule has 2 aromatic rings. The molecule has 0 aliphatic rings. The molecule has 0 N–H and O–H groups in total. The molecule has 142 valence electrons. The molecule has 2 nitrogen and oxygen atoms in total. The first-order valence-corrected chi connectivity index (χ1v) is 9.36. The molecule has 0 aliphatic heterocycles. The molecular weight excluding hydrogens is 316 g/mol. The summed E-state index contributed by atoms with van der Waals surface area (Å²) < 4.78 is 0. The molecule has 0 aliphatic carbocycles. The standard InChI is InChI=1S/C15H16N2.C5H8.2C2H6/c1-11-9-13(3)15(10-12(11)2)17-16-14-7-5-4-6-8-14;1-3-5-4-2;2*1-2/h4-10H,1-3H3;3-5H,1H2,2H3;2*1-2H3/b;5-4+;;. The Morgan fingerprint density at radius 2 is 1.31 bits per heavy atom. The van der Waals surface area contributed by atoms with Crippen LogP contribution in [0, 0.1) is 20.8 Å². The summed E-state index contributed by atoms with van der Waals surface area (Å²) in [5.74, 6) is 0. The Balaban J connectivity index is 0. The van der Waals surface area contributed by atoms with Gasteiger partial charge >= 0.3 is 0 Å². The van der Waals surface area contributed by atoms with Crippen molar-refractivity contribution in [2.45, 2.75) is 55.4 Å². The van der Waals surface area contributed by atoms with Crippen molar-refractivity contribution in [2.75, 3.05) is 0 Å². The molecule has 2 rings (SSSR count). The molecule has 0 saturated heterocycles. The summed E-state index contributed by atoms with van der Waals surface area (Å²) in [4.78, 5) is 0. The average Bonchev–Trinajstić information content (AvgIpc) is 2.69. The highest BCUT2D eigenvalue weighted by atomic mass is 15.1. The van der Waals surface area contributed by atoms with E-state index in [0.29, 0.717) is 0 Å². The van der Waals surface area contributed by atoms with E-state index in [1.807, 2.05) is 77.1 Å². The lowest BCUT2D eigenvalue weighted by Gasteiger charge is -2.04. The largest absolute Gasteiger partial charge is 0.151 e. The lowest BCUT2D eigenvalue weighted by Crippen LogP contribution is -1.82. The number of allylic oxidation sites excluding steroid dienone is 3. The number of hydrogen-bond acceptors (Lipinski definition) is 2. The van der Waals surface area contributed by atoms with E-state index in [9.17, 15) is 0 Å². The van der Waals surface area contributed by atoms with Crippen LogP contribution in [0.15, 0.2) is 77.5 Å². The molecule has 0 fully saturated rings. The number of aryl methyl sites for hydroxylation is 3. The van der Waals surface area contributed by atoms with E-state index >= 15 is 0 Å². The monoisotopic (exact) mass is 352 g/mol. The summed E-state index contributed by atoms with van der Waals surface area (Å²) in [6, 6.07) is 14.0. The molecule has 26 heavy (non-hydrogen) atoms. The first-order valence-electron chi connectivity index (χ1n) is 9.36. The summed E-state index contributed by atoms with van der Waals surface area (Å²) in [7, 11) is 0. The second-order valence-electron chi connectivity index (χ2n) is 5.02. The molecule has 0 unspecified atom stereocenters. The number of benzene rings is 2. The van der Waals surface area contributed by atoms with E-state index in [4.69, 9.17) is 0 Å². The maximum atomic E-state index is 4.30. The van der Waals surface area contributed by atoms with E-state index in [2.05, 4.69) is 49.7 Å². The molecule has 0 saturated carbocycles. The van der Waals surface area contributed by atoms with Crippen molar-refractivity contribution in [2.24, 2.45) is 10.2 Å². The Hall–Kier alpha value is -2.48. The topological polar surface area (TPSA) is 24.7 Å². The maximum Gasteiger partial charge on any atom is 0.0889 e. The average molecular weight is 353 g/mol. The van der Waals surface area contributed by atoms with Crippen LogP contribution in [-0.2, 0) is 0 Å². The summed E-state index contributed by atoms with van der Waals surface area (Å²) in [6.45, 7) is 19.7. The van der Waals surface area contributed by atoms with Gasteiger partial charge in [0, 0.05) is 0 Å². The summed E-state index contributed by atoms with van der Waals surface area (Å²) in [5, 5.41) is 8.54. The van der Waals surface area contributed by atoms with Gasteiger partial charge in [0.25, 0.3) is 0 Å². The predicted octanol–water partition coefficient (Wildman–Crippen LogP) is 8.83. The molecule has 0 spiro atoms. The molecular formula is C24H36N2. The normalized spacial score (nSPS) is 9.38. The van der Waals surface area contributed by atoms with Gasteiger partial charge in [0.1, 0.15) is 0 Å². The molecule has 2 aromatic carbocycles. The van der Waals surface area contributed by atoms with Gasteiger partial charge in [-0.1, -0.05) is 76.8 Å². The molecule has 0 radical (unpaired) electrons. The Bertz CT molecular complexity index is 653. The fourth-order valence-corrected chi connectivity index (χ4v) is 1.80. The minimum Gasteiger partial charge on any atom is -0.151 e. The van der Waals surface area contributed by atoms with Crippen molar-refractivity contribution in [3.63, 3.8) is 0 Å². The van der Waals surface area contributed by atoms with Crippen molar-refractivity contribution < 1.29 is 0 Å². The van der Waals surface area contributed by atoms with Gasteiger partial charge in [-0.3, -0.25) is 0 Å². The minimum atomic E-state index is 0.880. The van der Waals surface area contributed by atoms with Gasteiger partial charge in [0.2, 0.25) is 0 Å². The van der Waals surface area contributed by atoms with Gasteiger partial charge in [-0.05, 0) is 62.6 Å². The van der Waals surface area contributed by atoms with Crippen molar-refractivity contribution in [3.8, 4) is 0 Å². The molecule has 0 bridgehead atoms. The lowest BCUT2D eigenvalue weighted by atomic mass is 10.1.